The van der Waals surface area contributed by atoms with Gasteiger partial charge in [-0.3, -0.25) is 0 Å². The third kappa shape index (κ3) is 4.21. The summed E-state index contributed by atoms with van der Waals surface area (Å²) in [6.45, 7) is 9.77. The number of hydrogen-bond donors (Lipinski definition) is 1. The second kappa shape index (κ2) is 7.81. The van der Waals surface area contributed by atoms with Gasteiger partial charge in [0.2, 0.25) is 0 Å². The number of benzene rings is 1. The van der Waals surface area contributed by atoms with Crippen LogP contribution in [0.25, 0.3) is 0 Å². The van der Waals surface area contributed by atoms with E-state index in [1.807, 2.05) is 0 Å². The van der Waals surface area contributed by atoms with Gasteiger partial charge in [-0.05, 0) is 30.0 Å². The summed E-state index contributed by atoms with van der Waals surface area (Å²) in [6.07, 6.45) is 2.49. The van der Waals surface area contributed by atoms with E-state index < -0.39 is 0 Å². The Kier molecular flexibility index (Phi) is 6.07. The van der Waals surface area contributed by atoms with Crippen molar-refractivity contribution in [2.75, 3.05) is 25.1 Å². The van der Waals surface area contributed by atoms with Crippen molar-refractivity contribution in [1.29, 1.82) is 0 Å². The quantitative estimate of drug-likeness (QED) is 0.868. The number of nitrogens with one attached hydrogen (secondary N) is 1. The molecular formula is C18H30N2O. The van der Waals surface area contributed by atoms with E-state index in [2.05, 4.69) is 55.3 Å². The molecule has 1 saturated heterocycles. The van der Waals surface area contributed by atoms with Gasteiger partial charge in [0, 0.05) is 38.0 Å². The van der Waals surface area contributed by atoms with Gasteiger partial charge in [-0.2, -0.15) is 0 Å². The van der Waals surface area contributed by atoms with Crippen LogP contribution >= 0.6 is 0 Å². The van der Waals surface area contributed by atoms with Gasteiger partial charge in [-0.25, -0.2) is 0 Å². The van der Waals surface area contributed by atoms with Crippen molar-refractivity contribution in [3.8, 4) is 0 Å². The second-order valence-corrected chi connectivity index (χ2v) is 6.46. The number of methoxy groups -OCH3 is 1. The highest BCUT2D eigenvalue weighted by Gasteiger charge is 2.29. The van der Waals surface area contributed by atoms with Crippen LogP contribution in [0.3, 0.4) is 0 Å². The van der Waals surface area contributed by atoms with Crippen LogP contribution in [0.5, 0.6) is 0 Å². The Hall–Kier alpha value is -1.06. The second-order valence-electron chi connectivity index (χ2n) is 6.46. The van der Waals surface area contributed by atoms with Crippen LogP contribution in [0.1, 0.15) is 39.2 Å². The number of ether oxygens (including phenoxy) is 1. The zero-order valence-corrected chi connectivity index (χ0v) is 13.9. The first-order valence-corrected chi connectivity index (χ1v) is 8.23. The molecule has 2 atom stereocenters. The Balaban J connectivity index is 2.20. The highest BCUT2D eigenvalue weighted by atomic mass is 16.5. The number of anilines is 1. The zero-order valence-electron chi connectivity index (χ0n) is 13.9. The molecule has 0 spiro atoms. The van der Waals surface area contributed by atoms with Crippen molar-refractivity contribution >= 4 is 5.69 Å². The van der Waals surface area contributed by atoms with E-state index >= 15 is 0 Å². The monoisotopic (exact) mass is 290 g/mol. The van der Waals surface area contributed by atoms with Crippen LogP contribution in [-0.4, -0.2) is 32.3 Å². The molecule has 2 rings (SSSR count). The van der Waals surface area contributed by atoms with Crippen molar-refractivity contribution < 1.29 is 4.74 Å². The first-order chi connectivity index (χ1) is 10.2. The smallest absolute Gasteiger partial charge is 0.0713 e. The maximum absolute atomic E-state index is 5.27. The Labute approximate surface area is 129 Å². The van der Waals surface area contributed by atoms with Gasteiger partial charge in [0.1, 0.15) is 0 Å². The van der Waals surface area contributed by atoms with Gasteiger partial charge in [-0.1, -0.05) is 39.3 Å². The van der Waals surface area contributed by atoms with Gasteiger partial charge < -0.3 is 15.0 Å². The molecule has 0 radical (unpaired) electrons. The normalized spacial score (nSPS) is 22.8. The molecule has 1 aromatic rings. The predicted octanol–water partition coefficient (Wildman–Crippen LogP) is 3.44. The molecule has 1 fully saturated rings. The van der Waals surface area contributed by atoms with E-state index in [0.29, 0.717) is 24.6 Å². The number of hydrogen-bond acceptors (Lipinski definition) is 3. The SMILES string of the molecule is CCCC1CN(c2cccc(COC)c2)C(C(C)C)CN1. The largest absolute Gasteiger partial charge is 0.380 e. The molecule has 21 heavy (non-hydrogen) atoms. The Morgan fingerprint density at radius 3 is 2.86 bits per heavy atom. The molecule has 3 nitrogen and oxygen atoms in total. The van der Waals surface area contributed by atoms with E-state index in [1.54, 1.807) is 7.11 Å². The third-order valence-electron chi connectivity index (χ3n) is 4.39. The highest BCUT2D eigenvalue weighted by Crippen LogP contribution is 2.25. The Morgan fingerprint density at radius 1 is 1.38 bits per heavy atom. The predicted molar refractivity (Wildman–Crippen MR) is 89.8 cm³/mol. The summed E-state index contributed by atoms with van der Waals surface area (Å²) < 4.78 is 5.27. The van der Waals surface area contributed by atoms with Gasteiger partial charge in [0.05, 0.1) is 6.61 Å². The molecule has 3 heteroatoms. The summed E-state index contributed by atoms with van der Waals surface area (Å²) in [5.74, 6) is 0.645. The van der Waals surface area contributed by atoms with Crippen LogP contribution in [-0.2, 0) is 11.3 Å². The maximum Gasteiger partial charge on any atom is 0.0713 e. The minimum atomic E-state index is 0.566. The molecule has 118 valence electrons. The van der Waals surface area contributed by atoms with Crippen LogP contribution in [0, 0.1) is 5.92 Å². The maximum atomic E-state index is 5.27. The van der Waals surface area contributed by atoms with E-state index in [4.69, 9.17) is 4.74 Å². The minimum Gasteiger partial charge on any atom is -0.380 e. The summed E-state index contributed by atoms with van der Waals surface area (Å²) in [6, 6.07) is 9.99. The molecule has 1 aliphatic rings. The molecule has 1 aromatic carbocycles. The zero-order chi connectivity index (χ0) is 15.2. The first-order valence-electron chi connectivity index (χ1n) is 8.23. The fraction of sp³-hybridized carbons (Fsp3) is 0.667. The van der Waals surface area contributed by atoms with Crippen molar-refractivity contribution in [3.05, 3.63) is 29.8 Å². The summed E-state index contributed by atoms with van der Waals surface area (Å²) in [5.41, 5.74) is 2.59. The number of nitrogens with zero attached hydrogens (tertiary/aromatic N) is 1. The van der Waals surface area contributed by atoms with Gasteiger partial charge in [-0.15, -0.1) is 0 Å². The fourth-order valence-corrected chi connectivity index (χ4v) is 3.26. The summed E-state index contributed by atoms with van der Waals surface area (Å²) >= 11 is 0. The molecule has 0 amide bonds. The average Bonchev–Trinajstić information content (AvgIpc) is 2.48. The molecule has 1 N–H and O–H groups in total. The average molecular weight is 290 g/mol. The minimum absolute atomic E-state index is 0.566. The molecule has 1 aliphatic heterocycles. The fourth-order valence-electron chi connectivity index (χ4n) is 3.26. The summed E-state index contributed by atoms with van der Waals surface area (Å²) in [5, 5.41) is 3.72. The standard InChI is InChI=1S/C18H30N2O/c1-5-7-16-12-20(18(11-19-16)14(2)3)17-9-6-8-15(10-17)13-21-4/h6,8-10,14,16,18-19H,5,7,11-13H2,1-4H3. The summed E-state index contributed by atoms with van der Waals surface area (Å²) in [7, 11) is 1.76. The molecule has 0 aromatic heterocycles. The van der Waals surface area contributed by atoms with Crippen LogP contribution in [0.2, 0.25) is 0 Å². The van der Waals surface area contributed by atoms with Crippen LogP contribution in [0.4, 0.5) is 5.69 Å². The van der Waals surface area contributed by atoms with Crippen LogP contribution in [0.15, 0.2) is 24.3 Å². The molecule has 0 saturated carbocycles. The lowest BCUT2D eigenvalue weighted by atomic mass is 9.96. The van der Waals surface area contributed by atoms with Gasteiger partial charge in [0.25, 0.3) is 0 Å². The molecular weight excluding hydrogens is 260 g/mol. The number of rotatable bonds is 6. The number of piperazine rings is 1. The van der Waals surface area contributed by atoms with E-state index in [-0.39, 0.29) is 0 Å². The van der Waals surface area contributed by atoms with Crippen molar-refractivity contribution in [2.24, 2.45) is 5.92 Å². The van der Waals surface area contributed by atoms with E-state index in [9.17, 15) is 0 Å². The lowest BCUT2D eigenvalue weighted by Crippen LogP contribution is -2.58. The van der Waals surface area contributed by atoms with Gasteiger partial charge in [0.15, 0.2) is 0 Å². The first kappa shape index (κ1) is 16.3. The van der Waals surface area contributed by atoms with Crippen molar-refractivity contribution in [2.45, 2.75) is 52.3 Å². The van der Waals surface area contributed by atoms with E-state index in [1.165, 1.54) is 24.1 Å². The lowest BCUT2D eigenvalue weighted by molar-refractivity contribution is 0.185. The van der Waals surface area contributed by atoms with Crippen LogP contribution < -0.4 is 10.2 Å². The Morgan fingerprint density at radius 2 is 2.19 bits per heavy atom. The summed E-state index contributed by atoms with van der Waals surface area (Å²) in [4.78, 5) is 2.60. The van der Waals surface area contributed by atoms with Crippen molar-refractivity contribution in [3.63, 3.8) is 0 Å². The lowest BCUT2D eigenvalue weighted by Gasteiger charge is -2.44. The van der Waals surface area contributed by atoms with E-state index in [0.717, 1.165) is 13.1 Å². The topological polar surface area (TPSA) is 24.5 Å². The Bertz CT molecular complexity index is 433. The highest BCUT2D eigenvalue weighted by molar-refractivity contribution is 5.50. The molecule has 2 unspecified atom stereocenters. The molecule has 1 heterocycles. The molecule has 0 bridgehead atoms. The molecule has 0 aliphatic carbocycles. The van der Waals surface area contributed by atoms with Gasteiger partial charge >= 0.3 is 0 Å². The van der Waals surface area contributed by atoms with Crippen molar-refractivity contribution in [1.82, 2.24) is 5.32 Å². The third-order valence-corrected chi connectivity index (χ3v) is 4.39.